The largest absolute Gasteiger partial charge is 0.503 e. The second-order valence-corrected chi connectivity index (χ2v) is 5.98. The van der Waals surface area contributed by atoms with E-state index in [0.717, 1.165) is 6.20 Å². The van der Waals surface area contributed by atoms with Crippen molar-refractivity contribution in [3.8, 4) is 6.01 Å². The number of nitrogens with zero attached hydrogens (tertiary/aromatic N) is 2. The molecule has 1 heterocycles. The molecule has 0 bridgehead atoms. The summed E-state index contributed by atoms with van der Waals surface area (Å²) in [4.78, 5) is 19.5. The average molecular weight is 410 g/mol. The summed E-state index contributed by atoms with van der Waals surface area (Å²) in [6, 6.07) is 6.31. The van der Waals surface area contributed by atoms with E-state index < -0.39 is 23.8 Å². The van der Waals surface area contributed by atoms with Gasteiger partial charge in [0.2, 0.25) is 0 Å². The van der Waals surface area contributed by atoms with Gasteiger partial charge in [-0.15, -0.1) is 0 Å². The molecule has 2 aromatic rings. The van der Waals surface area contributed by atoms with Crippen LogP contribution in [0.25, 0.3) is 5.57 Å². The number of benzene rings is 1. The summed E-state index contributed by atoms with van der Waals surface area (Å²) in [7, 11) is 2.61. The number of aryl methyl sites for hydroxylation is 1. The van der Waals surface area contributed by atoms with Crippen molar-refractivity contribution in [2.24, 2.45) is 0 Å². The normalized spacial score (nSPS) is 11.9. The van der Waals surface area contributed by atoms with Crippen LogP contribution in [0.3, 0.4) is 0 Å². The lowest BCUT2D eigenvalue weighted by atomic mass is 10.0. The SMILES string of the molecule is CCCc1cnc(OCc2ccccc2/C(=C/OC)C(=O)OC)nc1C(F)(F)F. The van der Waals surface area contributed by atoms with Crippen molar-refractivity contribution in [3.05, 3.63) is 59.1 Å². The zero-order valence-electron chi connectivity index (χ0n) is 16.2. The number of aromatic nitrogens is 2. The van der Waals surface area contributed by atoms with E-state index in [4.69, 9.17) is 14.2 Å². The molecule has 0 unspecified atom stereocenters. The molecule has 1 aromatic heterocycles. The minimum absolute atomic E-state index is 0.0174. The highest BCUT2D eigenvalue weighted by molar-refractivity contribution is 6.16. The third-order valence-corrected chi connectivity index (χ3v) is 3.94. The van der Waals surface area contributed by atoms with Crippen molar-refractivity contribution in [2.75, 3.05) is 14.2 Å². The second kappa shape index (κ2) is 9.90. The first-order chi connectivity index (χ1) is 13.8. The summed E-state index contributed by atoms with van der Waals surface area (Å²) < 4.78 is 54.9. The molecule has 0 aliphatic heterocycles. The highest BCUT2D eigenvalue weighted by Crippen LogP contribution is 2.32. The van der Waals surface area contributed by atoms with Gasteiger partial charge in [0.25, 0.3) is 0 Å². The van der Waals surface area contributed by atoms with Gasteiger partial charge in [-0.05, 0) is 17.5 Å². The smallest absolute Gasteiger partial charge is 0.433 e. The molecule has 0 N–H and O–H groups in total. The molecule has 2 rings (SSSR count). The number of ether oxygens (including phenoxy) is 3. The highest BCUT2D eigenvalue weighted by atomic mass is 19.4. The zero-order valence-corrected chi connectivity index (χ0v) is 16.2. The van der Waals surface area contributed by atoms with Gasteiger partial charge in [-0.3, -0.25) is 0 Å². The van der Waals surface area contributed by atoms with Crippen LogP contribution in [0.2, 0.25) is 0 Å². The maximum atomic E-state index is 13.3. The monoisotopic (exact) mass is 410 g/mol. The van der Waals surface area contributed by atoms with Gasteiger partial charge in [-0.1, -0.05) is 37.6 Å². The number of alkyl halides is 3. The van der Waals surface area contributed by atoms with Crippen LogP contribution in [-0.2, 0) is 33.5 Å². The second-order valence-electron chi connectivity index (χ2n) is 5.98. The fourth-order valence-electron chi connectivity index (χ4n) is 2.66. The van der Waals surface area contributed by atoms with Crippen molar-refractivity contribution in [2.45, 2.75) is 32.5 Å². The van der Waals surface area contributed by atoms with E-state index in [0.29, 0.717) is 17.5 Å². The predicted molar refractivity (Wildman–Crippen MR) is 98.8 cm³/mol. The quantitative estimate of drug-likeness (QED) is 0.369. The van der Waals surface area contributed by atoms with Gasteiger partial charge in [-0.2, -0.15) is 18.2 Å². The predicted octanol–water partition coefficient (Wildman–Crippen LogP) is 4.19. The Kier molecular flexibility index (Phi) is 7.58. The standard InChI is InChI=1S/C20H21F3N2O4/c1-4-7-13-10-24-19(25-17(13)20(21,22)23)29-11-14-8-5-6-9-15(14)16(12-27-2)18(26)28-3/h5-6,8-10,12H,4,7,11H2,1-3H3/b16-12-. The molecule has 156 valence electrons. The fraction of sp³-hybridized carbons (Fsp3) is 0.350. The number of hydrogen-bond donors (Lipinski definition) is 0. The molecule has 0 fully saturated rings. The fourth-order valence-corrected chi connectivity index (χ4v) is 2.66. The van der Waals surface area contributed by atoms with Crippen molar-refractivity contribution < 1.29 is 32.2 Å². The van der Waals surface area contributed by atoms with Gasteiger partial charge in [0.05, 0.1) is 20.5 Å². The lowest BCUT2D eigenvalue weighted by Crippen LogP contribution is -2.14. The van der Waals surface area contributed by atoms with E-state index in [1.165, 1.54) is 20.5 Å². The van der Waals surface area contributed by atoms with Gasteiger partial charge in [0.1, 0.15) is 12.2 Å². The van der Waals surface area contributed by atoms with Crippen molar-refractivity contribution >= 4 is 11.5 Å². The molecular formula is C20H21F3N2O4. The molecule has 6 nitrogen and oxygen atoms in total. The summed E-state index contributed by atoms with van der Waals surface area (Å²) in [6.07, 6.45) is -1.51. The molecule has 29 heavy (non-hydrogen) atoms. The highest BCUT2D eigenvalue weighted by Gasteiger charge is 2.36. The van der Waals surface area contributed by atoms with Crippen LogP contribution >= 0.6 is 0 Å². The van der Waals surface area contributed by atoms with E-state index in [9.17, 15) is 18.0 Å². The summed E-state index contributed by atoms with van der Waals surface area (Å²) in [5.74, 6) is -0.626. The van der Waals surface area contributed by atoms with Crippen LogP contribution in [0, 0.1) is 0 Å². The summed E-state index contributed by atoms with van der Waals surface area (Å²) in [5.41, 5.74) is 0.135. The molecule has 0 aliphatic carbocycles. The van der Waals surface area contributed by atoms with E-state index in [2.05, 4.69) is 9.97 Å². The molecule has 0 atom stereocenters. The summed E-state index contributed by atoms with van der Waals surface area (Å²) >= 11 is 0. The van der Waals surface area contributed by atoms with Crippen LogP contribution in [0.5, 0.6) is 6.01 Å². The molecule has 0 spiro atoms. The number of esters is 1. The number of rotatable bonds is 8. The number of carbonyl (C=O) groups excluding carboxylic acids is 1. The van der Waals surface area contributed by atoms with Gasteiger partial charge in [0, 0.05) is 11.8 Å². The van der Waals surface area contributed by atoms with Crippen molar-refractivity contribution in [1.29, 1.82) is 0 Å². The third kappa shape index (κ3) is 5.69. The van der Waals surface area contributed by atoms with Crippen LogP contribution in [0.4, 0.5) is 13.2 Å². The zero-order chi connectivity index (χ0) is 21.4. The van der Waals surface area contributed by atoms with E-state index in [1.807, 2.05) is 0 Å². The van der Waals surface area contributed by atoms with Crippen LogP contribution in [-0.4, -0.2) is 30.2 Å². The number of methoxy groups -OCH3 is 2. The molecule has 0 radical (unpaired) electrons. The maximum absolute atomic E-state index is 13.3. The lowest BCUT2D eigenvalue weighted by molar-refractivity contribution is -0.142. The first kappa shape index (κ1) is 22.2. The Morgan fingerprint density at radius 1 is 1.17 bits per heavy atom. The number of hydrogen-bond acceptors (Lipinski definition) is 6. The van der Waals surface area contributed by atoms with Gasteiger partial charge in [-0.25, -0.2) is 9.78 Å². The van der Waals surface area contributed by atoms with Crippen molar-refractivity contribution in [3.63, 3.8) is 0 Å². The van der Waals surface area contributed by atoms with Crippen LogP contribution in [0.15, 0.2) is 36.7 Å². The third-order valence-electron chi connectivity index (χ3n) is 3.94. The molecule has 1 aromatic carbocycles. The van der Waals surface area contributed by atoms with Crippen LogP contribution < -0.4 is 4.74 Å². The lowest BCUT2D eigenvalue weighted by Gasteiger charge is -2.14. The Hall–Kier alpha value is -3.10. The van der Waals surface area contributed by atoms with Crippen molar-refractivity contribution in [1.82, 2.24) is 9.97 Å². The Bertz CT molecular complexity index is 882. The molecule has 0 aliphatic rings. The Morgan fingerprint density at radius 3 is 2.52 bits per heavy atom. The molecule has 9 heteroatoms. The molecule has 0 saturated carbocycles. The molecule has 0 amide bonds. The van der Waals surface area contributed by atoms with Crippen LogP contribution in [0.1, 0.15) is 35.7 Å². The maximum Gasteiger partial charge on any atom is 0.433 e. The minimum atomic E-state index is -4.61. The summed E-state index contributed by atoms with van der Waals surface area (Å²) in [6.45, 7) is 1.62. The average Bonchev–Trinajstić information content (AvgIpc) is 2.70. The summed E-state index contributed by atoms with van der Waals surface area (Å²) in [5, 5.41) is 0. The van der Waals surface area contributed by atoms with Gasteiger partial charge < -0.3 is 14.2 Å². The first-order valence-electron chi connectivity index (χ1n) is 8.77. The van der Waals surface area contributed by atoms with Gasteiger partial charge in [0.15, 0.2) is 5.69 Å². The number of carbonyl (C=O) groups is 1. The Labute approximate surface area is 166 Å². The molecular weight excluding hydrogens is 389 g/mol. The van der Waals surface area contributed by atoms with Gasteiger partial charge >= 0.3 is 18.2 Å². The molecule has 0 saturated heterocycles. The topological polar surface area (TPSA) is 70.5 Å². The van der Waals surface area contributed by atoms with E-state index in [1.54, 1.807) is 31.2 Å². The minimum Gasteiger partial charge on any atom is -0.503 e. The van der Waals surface area contributed by atoms with E-state index in [-0.39, 0.29) is 24.2 Å². The number of halogens is 3. The Morgan fingerprint density at radius 2 is 1.90 bits per heavy atom. The first-order valence-corrected chi connectivity index (χ1v) is 8.77. The Balaban J connectivity index is 2.31. The van der Waals surface area contributed by atoms with E-state index >= 15 is 0 Å².